The van der Waals surface area contributed by atoms with Crippen LogP contribution in [0.5, 0.6) is 0 Å². The third-order valence-corrected chi connectivity index (χ3v) is 0.365. The van der Waals surface area contributed by atoms with Crippen molar-refractivity contribution in [1.82, 2.24) is 0 Å². The van der Waals surface area contributed by atoms with Crippen LogP contribution in [0.1, 0.15) is 0 Å². The van der Waals surface area contributed by atoms with Crippen LogP contribution in [0.25, 0.3) is 0 Å². The Morgan fingerprint density at radius 2 is 1.71 bits per heavy atom. The molecule has 0 saturated carbocycles. The van der Waals surface area contributed by atoms with Gasteiger partial charge in [0.25, 0.3) is 0 Å². The normalized spacial score (nSPS) is 10.0. The summed E-state index contributed by atoms with van der Waals surface area (Å²) in [5.74, 6) is 3.97. The van der Waals surface area contributed by atoms with Crippen LogP contribution in [0.2, 0.25) is 0 Å². The number of nitrogens with two attached hydrogens (primary N) is 1. The van der Waals surface area contributed by atoms with Gasteiger partial charge >= 0.3 is 10.4 Å². The molecule has 0 fully saturated rings. The van der Waals surface area contributed by atoms with Crippen molar-refractivity contribution in [3.63, 3.8) is 0 Å². The van der Waals surface area contributed by atoms with E-state index in [2.05, 4.69) is 10.2 Å². The molecule has 0 amide bonds. The van der Waals surface area contributed by atoms with Crippen LogP contribution in [-0.4, -0.2) is 30.3 Å². The SMILES string of the molecule is NOS(=O)(=O)O.[AlH3]. The minimum atomic E-state index is -4.38. The molecular weight excluding hydrogens is 137 g/mol. The van der Waals surface area contributed by atoms with E-state index in [4.69, 9.17) is 4.55 Å². The molecule has 0 unspecified atom stereocenters. The fraction of sp³-hybridized carbons (Fsp3) is 0. The highest BCUT2D eigenvalue weighted by Crippen LogP contribution is 1.70. The summed E-state index contributed by atoms with van der Waals surface area (Å²) in [5, 5.41) is 0. The van der Waals surface area contributed by atoms with E-state index < -0.39 is 10.4 Å². The molecule has 5 nitrogen and oxygen atoms in total. The first-order chi connectivity index (χ1) is 2.56. The van der Waals surface area contributed by atoms with Gasteiger partial charge in [-0.1, -0.05) is 0 Å². The second kappa shape index (κ2) is 3.38. The molecule has 0 aromatic rings. The lowest BCUT2D eigenvalue weighted by molar-refractivity contribution is 0.277. The van der Waals surface area contributed by atoms with Gasteiger partial charge in [-0.3, -0.25) is 4.55 Å². The van der Waals surface area contributed by atoms with Crippen molar-refractivity contribution >= 4 is 27.8 Å². The third kappa shape index (κ3) is 10.7. The lowest BCUT2D eigenvalue weighted by Gasteiger charge is -1.81. The third-order valence-electron chi connectivity index (χ3n) is 0.122. The molecule has 0 aliphatic carbocycles. The van der Waals surface area contributed by atoms with Gasteiger partial charge in [0.05, 0.1) is 0 Å². The Bertz CT molecular complexity index is 114. The van der Waals surface area contributed by atoms with Crippen LogP contribution in [0, 0.1) is 0 Å². The monoisotopic (exact) mass is 143 g/mol. The van der Waals surface area contributed by atoms with E-state index >= 15 is 0 Å². The maximum absolute atomic E-state index is 9.21. The van der Waals surface area contributed by atoms with Gasteiger partial charge in [-0.05, 0) is 0 Å². The molecule has 0 aliphatic rings. The van der Waals surface area contributed by atoms with E-state index in [0.717, 1.165) is 0 Å². The second-order valence-corrected chi connectivity index (χ2v) is 1.57. The predicted octanol–water partition coefficient (Wildman–Crippen LogP) is -2.50. The molecule has 0 aromatic heterocycles. The highest BCUT2D eigenvalue weighted by molar-refractivity contribution is 7.80. The van der Waals surface area contributed by atoms with Crippen LogP contribution < -0.4 is 5.90 Å². The Balaban J connectivity index is 0. The van der Waals surface area contributed by atoms with Crippen molar-refractivity contribution in [1.29, 1.82) is 0 Å². The van der Waals surface area contributed by atoms with Crippen molar-refractivity contribution in [2.45, 2.75) is 0 Å². The van der Waals surface area contributed by atoms with Crippen LogP contribution in [-0.2, 0) is 14.7 Å². The molecule has 0 spiro atoms. The zero-order valence-electron chi connectivity index (χ0n) is 2.66. The molecule has 44 valence electrons. The number of rotatable bonds is 1. The molecule has 0 atom stereocenters. The average Bonchev–Trinajstić information content (AvgIpc) is 1.35. The fourth-order valence-corrected chi connectivity index (χ4v) is 0. The summed E-state index contributed by atoms with van der Waals surface area (Å²) < 4.78 is 28.8. The summed E-state index contributed by atoms with van der Waals surface area (Å²) in [6.45, 7) is 0. The quantitative estimate of drug-likeness (QED) is 0.240. The highest BCUT2D eigenvalue weighted by Gasteiger charge is 1.95. The molecule has 0 saturated heterocycles. The van der Waals surface area contributed by atoms with Gasteiger partial charge < -0.3 is 0 Å². The molecular formula is H6AlNO4S. The highest BCUT2D eigenvalue weighted by atomic mass is 32.3. The molecule has 0 aromatic carbocycles. The first-order valence-corrected chi connectivity index (χ1v) is 2.28. The molecule has 3 N–H and O–H groups in total. The second-order valence-electron chi connectivity index (χ2n) is 0.524. The van der Waals surface area contributed by atoms with Gasteiger partial charge in [0.1, 0.15) is 0 Å². The minimum absolute atomic E-state index is 0. The maximum Gasteiger partial charge on any atom is 0.413 e. The molecule has 0 aliphatic heterocycles. The topological polar surface area (TPSA) is 89.6 Å². The minimum Gasteiger partial charge on any atom is -0.262 e. The molecule has 0 bridgehead atoms. The van der Waals surface area contributed by atoms with Gasteiger partial charge in [-0.2, -0.15) is 18.6 Å². The summed E-state index contributed by atoms with van der Waals surface area (Å²) in [4.78, 5) is 0. The average molecular weight is 143 g/mol. The molecule has 0 radical (unpaired) electrons. The van der Waals surface area contributed by atoms with Gasteiger partial charge in [-0.25, -0.2) is 0 Å². The van der Waals surface area contributed by atoms with Crippen LogP contribution in [0.15, 0.2) is 0 Å². The molecule has 7 heavy (non-hydrogen) atoms. The summed E-state index contributed by atoms with van der Waals surface area (Å²) in [5.41, 5.74) is 0. The van der Waals surface area contributed by atoms with E-state index in [1.165, 1.54) is 0 Å². The van der Waals surface area contributed by atoms with E-state index in [1.807, 2.05) is 0 Å². The largest absolute Gasteiger partial charge is 0.413 e. The molecule has 0 heterocycles. The van der Waals surface area contributed by atoms with Gasteiger partial charge in [-0.15, -0.1) is 0 Å². The van der Waals surface area contributed by atoms with Crippen molar-refractivity contribution in [2.75, 3.05) is 0 Å². The lowest BCUT2D eigenvalue weighted by Crippen LogP contribution is -2.08. The molecule has 0 rings (SSSR count). The summed E-state index contributed by atoms with van der Waals surface area (Å²) >= 11 is 0. The number of hydrogen-bond donors (Lipinski definition) is 2. The maximum atomic E-state index is 9.21. The fourth-order valence-electron chi connectivity index (χ4n) is 0. The Morgan fingerprint density at radius 1 is 1.57 bits per heavy atom. The summed E-state index contributed by atoms with van der Waals surface area (Å²) in [6, 6.07) is 0. The van der Waals surface area contributed by atoms with Crippen molar-refractivity contribution < 1.29 is 17.3 Å². The standard InChI is InChI=1S/Al.H3NO4S.3H/c;1-5-6(2,3)4;;;/h;1H2,(H,2,3,4);;;. The summed E-state index contributed by atoms with van der Waals surface area (Å²) in [6.07, 6.45) is 0. The van der Waals surface area contributed by atoms with E-state index in [1.54, 1.807) is 0 Å². The first-order valence-electron chi connectivity index (χ1n) is 0.918. The van der Waals surface area contributed by atoms with Gasteiger partial charge in [0.2, 0.25) is 0 Å². The van der Waals surface area contributed by atoms with Gasteiger partial charge in [0.15, 0.2) is 17.4 Å². The Labute approximate surface area is 51.5 Å². The van der Waals surface area contributed by atoms with Crippen molar-refractivity contribution in [3.8, 4) is 0 Å². The lowest BCUT2D eigenvalue weighted by atomic mass is 13.6. The van der Waals surface area contributed by atoms with E-state index in [9.17, 15) is 8.42 Å². The van der Waals surface area contributed by atoms with Crippen LogP contribution in [0.3, 0.4) is 0 Å². The van der Waals surface area contributed by atoms with Crippen LogP contribution >= 0.6 is 0 Å². The Hall–Kier alpha value is 0.362. The zero-order chi connectivity index (χ0) is 5.21. The van der Waals surface area contributed by atoms with Crippen molar-refractivity contribution in [2.24, 2.45) is 5.90 Å². The van der Waals surface area contributed by atoms with Crippen LogP contribution in [0.4, 0.5) is 0 Å². The van der Waals surface area contributed by atoms with Gasteiger partial charge in [0, 0.05) is 0 Å². The van der Waals surface area contributed by atoms with E-state index in [0.29, 0.717) is 0 Å². The number of hydrogen-bond acceptors (Lipinski definition) is 4. The van der Waals surface area contributed by atoms with Crippen molar-refractivity contribution in [3.05, 3.63) is 0 Å². The zero-order valence-corrected chi connectivity index (χ0v) is 3.47. The van der Waals surface area contributed by atoms with E-state index in [-0.39, 0.29) is 17.4 Å². The predicted molar refractivity (Wildman–Crippen MR) is 26.8 cm³/mol. The first kappa shape index (κ1) is 10.4. The Kier molecular flexibility index (Phi) is 5.00. The smallest absolute Gasteiger partial charge is 0.262 e. The molecule has 7 heteroatoms. The summed E-state index contributed by atoms with van der Waals surface area (Å²) in [7, 11) is -4.38. The Morgan fingerprint density at radius 3 is 1.71 bits per heavy atom.